The molecule has 0 aliphatic rings. The predicted molar refractivity (Wildman–Crippen MR) is 86.9 cm³/mol. The van der Waals surface area contributed by atoms with Crippen molar-refractivity contribution in [3.8, 4) is 19.5 Å². The van der Waals surface area contributed by atoms with E-state index in [2.05, 4.69) is 12.1 Å². The van der Waals surface area contributed by atoms with E-state index in [1.807, 2.05) is 24.3 Å². The molecule has 0 aliphatic heterocycles. The molecule has 0 saturated carbocycles. The third-order valence-electron chi connectivity index (χ3n) is 2.86. The molecule has 3 heterocycles. The van der Waals surface area contributed by atoms with Crippen LogP contribution in [0.4, 0.5) is 0 Å². The fourth-order valence-electron chi connectivity index (χ4n) is 1.86. The molecule has 0 aromatic carbocycles. The number of carbonyl (C=O) groups is 1. The predicted octanol–water partition coefficient (Wildman–Crippen LogP) is 4.90. The average Bonchev–Trinajstić information content (AvgIpc) is 3.17. The summed E-state index contributed by atoms with van der Waals surface area (Å²) in [4.78, 5) is 17.8. The van der Waals surface area contributed by atoms with Crippen LogP contribution >= 0.6 is 34.0 Å². The average molecular weight is 320 g/mol. The molecule has 2 nitrogen and oxygen atoms in total. The quantitative estimate of drug-likeness (QED) is 0.694. The van der Waals surface area contributed by atoms with E-state index in [0.29, 0.717) is 0 Å². The number of Topliss-reactive ketones (excluding diaryl/α,β-unsaturated/α-hetero) is 1. The molecule has 3 rings (SSSR count). The maximum absolute atomic E-state index is 11.3. The Labute approximate surface area is 129 Å². The molecule has 0 radical (unpaired) electrons. The molecule has 5 heteroatoms. The summed E-state index contributed by atoms with van der Waals surface area (Å²) >= 11 is 4.87. The van der Waals surface area contributed by atoms with Crippen molar-refractivity contribution in [1.82, 2.24) is 0 Å². The molecular formula is C15H12O2S3. The zero-order valence-electron chi connectivity index (χ0n) is 10.8. The molecule has 0 spiro atoms. The summed E-state index contributed by atoms with van der Waals surface area (Å²) in [6.07, 6.45) is 0. The Kier molecular flexibility index (Phi) is 3.85. The minimum atomic E-state index is 0.0931. The first-order valence-electron chi connectivity index (χ1n) is 6.08. The van der Waals surface area contributed by atoms with Gasteiger partial charge in [-0.05, 0) is 43.3 Å². The van der Waals surface area contributed by atoms with E-state index in [4.69, 9.17) is 5.11 Å². The highest BCUT2D eigenvalue weighted by molar-refractivity contribution is 7.26. The van der Waals surface area contributed by atoms with Gasteiger partial charge in [0.05, 0.1) is 11.5 Å². The Morgan fingerprint density at radius 1 is 0.900 bits per heavy atom. The Morgan fingerprint density at radius 2 is 1.45 bits per heavy atom. The van der Waals surface area contributed by atoms with Crippen LogP contribution in [0.5, 0.6) is 0 Å². The van der Waals surface area contributed by atoms with Gasteiger partial charge in [0.15, 0.2) is 5.78 Å². The summed E-state index contributed by atoms with van der Waals surface area (Å²) in [5.41, 5.74) is 0. The van der Waals surface area contributed by atoms with Crippen molar-refractivity contribution in [2.24, 2.45) is 0 Å². The highest BCUT2D eigenvalue weighted by Gasteiger charge is 2.10. The molecule has 0 saturated heterocycles. The molecule has 3 aromatic heterocycles. The van der Waals surface area contributed by atoms with Gasteiger partial charge in [0, 0.05) is 24.4 Å². The molecular weight excluding hydrogens is 308 g/mol. The Bertz CT molecular complexity index is 749. The van der Waals surface area contributed by atoms with E-state index < -0.39 is 0 Å². The van der Waals surface area contributed by atoms with Gasteiger partial charge in [-0.1, -0.05) is 0 Å². The standard InChI is InChI=1S/C15H12O2S3/c1-9(17)11-4-5-14(19-11)15-7-6-13(20-15)12-3-2-10(8-16)18-12/h2-7,16H,8H2,1H3. The lowest BCUT2D eigenvalue weighted by molar-refractivity contribution is 0.102. The number of aliphatic hydroxyl groups is 1. The Hall–Kier alpha value is -1.27. The second-order valence-electron chi connectivity index (χ2n) is 4.31. The van der Waals surface area contributed by atoms with Crippen LogP contribution in [0, 0.1) is 0 Å². The summed E-state index contributed by atoms with van der Waals surface area (Å²) < 4.78 is 0. The first-order chi connectivity index (χ1) is 9.67. The maximum Gasteiger partial charge on any atom is 0.169 e. The topological polar surface area (TPSA) is 37.3 Å². The second-order valence-corrected chi connectivity index (χ2v) is 7.64. The molecule has 3 aromatic rings. The van der Waals surface area contributed by atoms with E-state index in [-0.39, 0.29) is 12.4 Å². The van der Waals surface area contributed by atoms with Crippen LogP contribution in [-0.4, -0.2) is 10.9 Å². The van der Waals surface area contributed by atoms with Gasteiger partial charge >= 0.3 is 0 Å². The molecule has 0 fully saturated rings. The van der Waals surface area contributed by atoms with E-state index in [0.717, 1.165) is 14.6 Å². The van der Waals surface area contributed by atoms with Crippen LogP contribution in [0.25, 0.3) is 19.5 Å². The van der Waals surface area contributed by atoms with Crippen molar-refractivity contribution in [2.45, 2.75) is 13.5 Å². The lowest BCUT2D eigenvalue weighted by atomic mass is 10.3. The Morgan fingerprint density at radius 3 is 2.00 bits per heavy atom. The zero-order chi connectivity index (χ0) is 14.1. The highest BCUT2D eigenvalue weighted by Crippen LogP contribution is 2.39. The van der Waals surface area contributed by atoms with E-state index in [1.54, 1.807) is 29.6 Å². The molecule has 102 valence electrons. The molecule has 1 N–H and O–H groups in total. The first kappa shape index (κ1) is 13.7. The van der Waals surface area contributed by atoms with Crippen molar-refractivity contribution in [2.75, 3.05) is 0 Å². The lowest BCUT2D eigenvalue weighted by Crippen LogP contribution is -1.83. The van der Waals surface area contributed by atoms with Crippen molar-refractivity contribution < 1.29 is 9.90 Å². The van der Waals surface area contributed by atoms with Gasteiger partial charge < -0.3 is 5.11 Å². The number of hydrogen-bond donors (Lipinski definition) is 1. The smallest absolute Gasteiger partial charge is 0.169 e. The zero-order valence-corrected chi connectivity index (χ0v) is 13.2. The van der Waals surface area contributed by atoms with E-state index in [9.17, 15) is 4.79 Å². The summed E-state index contributed by atoms with van der Waals surface area (Å²) in [5, 5.41) is 9.12. The normalized spacial score (nSPS) is 10.9. The van der Waals surface area contributed by atoms with Gasteiger partial charge in [0.25, 0.3) is 0 Å². The van der Waals surface area contributed by atoms with Crippen molar-refractivity contribution in [1.29, 1.82) is 0 Å². The maximum atomic E-state index is 11.3. The van der Waals surface area contributed by atoms with Crippen LogP contribution in [0.1, 0.15) is 21.5 Å². The molecule has 0 amide bonds. The molecule has 0 unspecified atom stereocenters. The minimum absolute atomic E-state index is 0.0931. The van der Waals surface area contributed by atoms with E-state index >= 15 is 0 Å². The van der Waals surface area contributed by atoms with Crippen LogP contribution < -0.4 is 0 Å². The van der Waals surface area contributed by atoms with Gasteiger partial charge in [-0.2, -0.15) is 0 Å². The van der Waals surface area contributed by atoms with Gasteiger partial charge in [0.1, 0.15) is 0 Å². The third-order valence-corrected chi connectivity index (χ3v) is 6.60. The molecule has 0 aliphatic carbocycles. The van der Waals surface area contributed by atoms with Gasteiger partial charge in [-0.3, -0.25) is 4.79 Å². The number of hydrogen-bond acceptors (Lipinski definition) is 5. The summed E-state index contributed by atoms with van der Waals surface area (Å²) in [7, 11) is 0. The number of rotatable bonds is 4. The number of aliphatic hydroxyl groups excluding tert-OH is 1. The van der Waals surface area contributed by atoms with Crippen LogP contribution in [0.2, 0.25) is 0 Å². The number of ketones is 1. The largest absolute Gasteiger partial charge is 0.391 e. The van der Waals surface area contributed by atoms with Gasteiger partial charge in [-0.25, -0.2) is 0 Å². The second kappa shape index (κ2) is 5.61. The van der Waals surface area contributed by atoms with Crippen molar-refractivity contribution >= 4 is 39.8 Å². The fraction of sp³-hybridized carbons (Fsp3) is 0.133. The van der Waals surface area contributed by atoms with Gasteiger partial charge in [0.2, 0.25) is 0 Å². The summed E-state index contributed by atoms with van der Waals surface area (Å²) in [6.45, 7) is 1.69. The van der Waals surface area contributed by atoms with Crippen LogP contribution in [0.15, 0.2) is 36.4 Å². The molecule has 0 bridgehead atoms. The van der Waals surface area contributed by atoms with Crippen molar-refractivity contribution in [3.63, 3.8) is 0 Å². The number of thiophene rings is 3. The first-order valence-corrected chi connectivity index (χ1v) is 8.53. The molecule has 20 heavy (non-hydrogen) atoms. The SMILES string of the molecule is CC(=O)c1ccc(-c2ccc(-c3ccc(CO)s3)s2)s1. The van der Waals surface area contributed by atoms with E-state index in [1.165, 1.54) is 26.0 Å². The van der Waals surface area contributed by atoms with Crippen LogP contribution in [0.3, 0.4) is 0 Å². The van der Waals surface area contributed by atoms with Crippen molar-refractivity contribution in [3.05, 3.63) is 46.2 Å². The lowest BCUT2D eigenvalue weighted by Gasteiger charge is -1.91. The van der Waals surface area contributed by atoms with Gasteiger partial charge in [-0.15, -0.1) is 34.0 Å². The Balaban J connectivity index is 1.90. The number of carbonyl (C=O) groups excluding carboxylic acids is 1. The molecule has 0 atom stereocenters. The highest BCUT2D eigenvalue weighted by atomic mass is 32.1. The fourth-order valence-corrected chi connectivity index (χ4v) is 4.81. The summed E-state index contributed by atoms with van der Waals surface area (Å²) in [5.74, 6) is 0.115. The summed E-state index contributed by atoms with van der Waals surface area (Å²) in [6, 6.07) is 12.1. The minimum Gasteiger partial charge on any atom is -0.391 e. The third kappa shape index (κ3) is 2.62. The monoisotopic (exact) mass is 320 g/mol. The van der Waals surface area contributed by atoms with Crippen LogP contribution in [-0.2, 0) is 6.61 Å².